The van der Waals surface area contributed by atoms with E-state index in [-0.39, 0.29) is 0 Å². The van der Waals surface area contributed by atoms with E-state index in [1.54, 1.807) is 7.11 Å². The molecule has 1 unspecified atom stereocenters. The van der Waals surface area contributed by atoms with Crippen LogP contribution in [-0.4, -0.2) is 20.2 Å². The summed E-state index contributed by atoms with van der Waals surface area (Å²) < 4.78 is 5.33. The summed E-state index contributed by atoms with van der Waals surface area (Å²) in [5, 5.41) is 7.00. The Morgan fingerprint density at radius 3 is 2.38 bits per heavy atom. The molecule has 1 atom stereocenters. The lowest BCUT2D eigenvalue weighted by Crippen LogP contribution is -2.26. The molecule has 0 aromatic heterocycles. The largest absolute Gasteiger partial charge is 0.495 e. The highest BCUT2D eigenvalue weighted by molar-refractivity contribution is 5.56. The minimum Gasteiger partial charge on any atom is -0.495 e. The third-order valence-corrected chi connectivity index (χ3v) is 3.55. The molecule has 0 amide bonds. The van der Waals surface area contributed by atoms with E-state index in [2.05, 4.69) is 47.9 Å². The molecular weight excluding hydrogens is 260 g/mol. The van der Waals surface area contributed by atoms with Gasteiger partial charge in [0.2, 0.25) is 0 Å². The first-order chi connectivity index (χ1) is 10.3. The molecule has 2 N–H and O–H groups in total. The molecule has 0 fully saturated rings. The molecule has 112 valence electrons. The summed E-state index contributed by atoms with van der Waals surface area (Å²) >= 11 is 0. The normalized spacial score (nSPS) is 11.9. The van der Waals surface area contributed by atoms with E-state index in [0.717, 1.165) is 30.9 Å². The fraction of sp³-hybridized carbons (Fsp3) is 0.333. The minimum atomic E-state index is 0.408. The quantitative estimate of drug-likeness (QED) is 0.722. The van der Waals surface area contributed by atoms with Crippen molar-refractivity contribution in [3.05, 3.63) is 60.2 Å². The second-order valence-corrected chi connectivity index (χ2v) is 4.95. The molecule has 3 heteroatoms. The summed E-state index contributed by atoms with van der Waals surface area (Å²) in [5.74, 6) is 0.882. The topological polar surface area (TPSA) is 33.3 Å². The number of methoxy groups -OCH3 is 1. The van der Waals surface area contributed by atoms with Crippen LogP contribution in [0.3, 0.4) is 0 Å². The molecule has 0 aliphatic rings. The van der Waals surface area contributed by atoms with E-state index < -0.39 is 0 Å². The fourth-order valence-electron chi connectivity index (χ4n) is 2.42. The van der Waals surface area contributed by atoms with Crippen molar-refractivity contribution >= 4 is 5.69 Å². The summed E-state index contributed by atoms with van der Waals surface area (Å²) in [7, 11) is 1.70. The Labute approximate surface area is 127 Å². The number of nitrogens with one attached hydrogen (secondary N) is 2. The van der Waals surface area contributed by atoms with Crippen LogP contribution < -0.4 is 15.4 Å². The molecule has 0 radical (unpaired) electrons. The van der Waals surface area contributed by atoms with E-state index in [1.165, 1.54) is 5.56 Å². The van der Waals surface area contributed by atoms with Crippen LogP contribution in [0.25, 0.3) is 0 Å². The fourth-order valence-corrected chi connectivity index (χ4v) is 2.42. The third-order valence-electron chi connectivity index (χ3n) is 3.55. The number of para-hydroxylation sites is 2. The molecule has 2 aromatic carbocycles. The lowest BCUT2D eigenvalue weighted by Gasteiger charge is -2.18. The Balaban J connectivity index is 1.81. The lowest BCUT2D eigenvalue weighted by molar-refractivity contribution is 0.416. The Hall–Kier alpha value is -2.00. The molecule has 0 heterocycles. The van der Waals surface area contributed by atoms with E-state index in [9.17, 15) is 0 Å². The van der Waals surface area contributed by atoms with E-state index in [4.69, 9.17) is 4.74 Å². The molecule has 0 aliphatic carbocycles. The Bertz CT molecular complexity index is 528. The molecular formula is C18H24N2O. The molecule has 0 aliphatic heterocycles. The van der Waals surface area contributed by atoms with E-state index >= 15 is 0 Å². The van der Waals surface area contributed by atoms with Crippen LogP contribution in [0.15, 0.2) is 54.6 Å². The summed E-state index contributed by atoms with van der Waals surface area (Å²) in [5.41, 5.74) is 2.38. The lowest BCUT2D eigenvalue weighted by atomic mass is 10.0. The van der Waals surface area contributed by atoms with Crippen molar-refractivity contribution in [2.24, 2.45) is 0 Å². The van der Waals surface area contributed by atoms with Gasteiger partial charge < -0.3 is 15.4 Å². The molecule has 0 spiro atoms. The van der Waals surface area contributed by atoms with Crippen molar-refractivity contribution in [1.82, 2.24) is 5.32 Å². The second-order valence-electron chi connectivity index (χ2n) is 4.95. The maximum Gasteiger partial charge on any atom is 0.141 e. The third kappa shape index (κ3) is 4.50. The Morgan fingerprint density at radius 2 is 1.67 bits per heavy atom. The van der Waals surface area contributed by atoms with Crippen LogP contribution >= 0.6 is 0 Å². The summed E-state index contributed by atoms with van der Waals surface area (Å²) in [6.45, 7) is 3.98. The second kappa shape index (κ2) is 8.32. The van der Waals surface area contributed by atoms with Crippen LogP contribution in [0.4, 0.5) is 5.69 Å². The van der Waals surface area contributed by atoms with Crippen LogP contribution in [0.5, 0.6) is 5.75 Å². The molecule has 21 heavy (non-hydrogen) atoms. The zero-order valence-electron chi connectivity index (χ0n) is 12.8. The zero-order chi connectivity index (χ0) is 14.9. The van der Waals surface area contributed by atoms with Crippen molar-refractivity contribution in [2.75, 3.05) is 25.5 Å². The van der Waals surface area contributed by atoms with Crippen molar-refractivity contribution in [1.29, 1.82) is 0 Å². The van der Waals surface area contributed by atoms with Gasteiger partial charge in [0.05, 0.1) is 12.8 Å². The first kappa shape index (κ1) is 15.4. The van der Waals surface area contributed by atoms with Gasteiger partial charge >= 0.3 is 0 Å². The predicted molar refractivity (Wildman–Crippen MR) is 89.0 cm³/mol. The van der Waals surface area contributed by atoms with Crippen molar-refractivity contribution in [2.45, 2.75) is 19.4 Å². The maximum absolute atomic E-state index is 5.33. The predicted octanol–water partition coefficient (Wildman–Crippen LogP) is 3.85. The van der Waals surface area contributed by atoms with Gasteiger partial charge in [-0.15, -0.1) is 0 Å². The first-order valence-electron chi connectivity index (χ1n) is 7.50. The number of benzene rings is 2. The average Bonchev–Trinajstić information content (AvgIpc) is 2.56. The zero-order valence-corrected chi connectivity index (χ0v) is 12.8. The maximum atomic E-state index is 5.33. The highest BCUT2D eigenvalue weighted by Gasteiger charge is 2.07. The SMILES string of the molecule is CCC(NCCNc1ccccc1OC)c1ccccc1. The minimum absolute atomic E-state index is 0.408. The number of rotatable bonds is 8. The van der Waals surface area contributed by atoms with Crippen LogP contribution in [0.1, 0.15) is 24.9 Å². The van der Waals surface area contributed by atoms with Crippen LogP contribution in [0.2, 0.25) is 0 Å². The molecule has 3 nitrogen and oxygen atoms in total. The smallest absolute Gasteiger partial charge is 0.141 e. The van der Waals surface area contributed by atoms with Crippen molar-refractivity contribution < 1.29 is 4.74 Å². The molecule has 2 aromatic rings. The Kier molecular flexibility index (Phi) is 6.10. The summed E-state index contributed by atoms with van der Waals surface area (Å²) in [6, 6.07) is 19.0. The average molecular weight is 284 g/mol. The van der Waals surface area contributed by atoms with Gasteiger partial charge in [0.15, 0.2) is 0 Å². The molecule has 0 saturated carbocycles. The highest BCUT2D eigenvalue weighted by Crippen LogP contribution is 2.22. The van der Waals surface area contributed by atoms with Crippen LogP contribution in [0, 0.1) is 0 Å². The summed E-state index contributed by atoms with van der Waals surface area (Å²) in [4.78, 5) is 0. The van der Waals surface area contributed by atoms with Gasteiger partial charge in [-0.3, -0.25) is 0 Å². The van der Waals surface area contributed by atoms with Gasteiger partial charge in [-0.2, -0.15) is 0 Å². The highest BCUT2D eigenvalue weighted by atomic mass is 16.5. The first-order valence-corrected chi connectivity index (χ1v) is 7.50. The molecule has 0 bridgehead atoms. The van der Waals surface area contributed by atoms with Gasteiger partial charge in [0, 0.05) is 19.1 Å². The summed E-state index contributed by atoms with van der Waals surface area (Å²) in [6.07, 6.45) is 1.08. The van der Waals surface area contributed by atoms with Gasteiger partial charge in [0.25, 0.3) is 0 Å². The monoisotopic (exact) mass is 284 g/mol. The van der Waals surface area contributed by atoms with Crippen molar-refractivity contribution in [3.8, 4) is 5.75 Å². The molecule has 2 rings (SSSR count). The van der Waals surface area contributed by atoms with E-state index in [1.807, 2.05) is 24.3 Å². The molecule has 0 saturated heterocycles. The van der Waals surface area contributed by atoms with Gasteiger partial charge in [0.1, 0.15) is 5.75 Å². The van der Waals surface area contributed by atoms with Gasteiger partial charge in [-0.1, -0.05) is 49.4 Å². The van der Waals surface area contributed by atoms with Gasteiger partial charge in [-0.25, -0.2) is 0 Å². The Morgan fingerprint density at radius 1 is 0.952 bits per heavy atom. The number of hydrogen-bond acceptors (Lipinski definition) is 3. The van der Waals surface area contributed by atoms with Crippen LogP contribution in [-0.2, 0) is 0 Å². The van der Waals surface area contributed by atoms with Crippen molar-refractivity contribution in [3.63, 3.8) is 0 Å². The standard InChI is InChI=1S/C18H24N2O/c1-3-16(15-9-5-4-6-10-15)19-13-14-20-17-11-7-8-12-18(17)21-2/h4-12,16,19-20H,3,13-14H2,1-2H3. The number of hydrogen-bond donors (Lipinski definition) is 2. The van der Waals surface area contributed by atoms with E-state index in [0.29, 0.717) is 6.04 Å². The number of ether oxygens (including phenoxy) is 1. The number of anilines is 1. The van der Waals surface area contributed by atoms with Gasteiger partial charge in [-0.05, 0) is 24.1 Å².